The van der Waals surface area contributed by atoms with Gasteiger partial charge in [0.25, 0.3) is 0 Å². The maximum Gasteiger partial charge on any atom is 0.203 e. The molecule has 1 aliphatic rings. The van der Waals surface area contributed by atoms with E-state index in [-0.39, 0.29) is 5.43 Å². The molecule has 0 radical (unpaired) electrons. The molecule has 0 fully saturated rings. The molecular weight excluding hydrogens is 386 g/mol. The van der Waals surface area contributed by atoms with Gasteiger partial charge in [0.1, 0.15) is 24.3 Å². The summed E-state index contributed by atoms with van der Waals surface area (Å²) in [5.74, 6) is 1.79. The van der Waals surface area contributed by atoms with Gasteiger partial charge in [0, 0.05) is 35.6 Å². The van der Waals surface area contributed by atoms with Crippen molar-refractivity contribution in [2.75, 3.05) is 20.3 Å². The molecule has 0 spiro atoms. The summed E-state index contributed by atoms with van der Waals surface area (Å²) in [7, 11) is 3.50. The second-order valence-electron chi connectivity index (χ2n) is 7.20. The zero-order chi connectivity index (χ0) is 20.4. The van der Waals surface area contributed by atoms with Gasteiger partial charge in [0.15, 0.2) is 28.2 Å². The van der Waals surface area contributed by atoms with Gasteiger partial charge in [-0.15, -0.1) is 0 Å². The third kappa shape index (κ3) is 2.27. The molecule has 4 heterocycles. The van der Waals surface area contributed by atoms with Gasteiger partial charge in [-0.2, -0.15) is 0 Å². The number of fused-ring (bicyclic) bond motifs is 5. The van der Waals surface area contributed by atoms with Gasteiger partial charge in [-0.25, -0.2) is 4.98 Å². The lowest BCUT2D eigenvalue weighted by Gasteiger charge is -2.21. The second-order valence-corrected chi connectivity index (χ2v) is 7.20. The van der Waals surface area contributed by atoms with Gasteiger partial charge in [0.05, 0.1) is 7.11 Å². The molecule has 0 amide bonds. The summed E-state index contributed by atoms with van der Waals surface area (Å²) in [6.07, 6.45) is 1.88. The zero-order valence-corrected chi connectivity index (χ0v) is 16.3. The Balaban J connectivity index is 1.77. The first-order valence-corrected chi connectivity index (χ1v) is 9.52. The third-order valence-electron chi connectivity index (χ3n) is 5.43. The number of rotatable bonds is 2. The fraction of sp³-hybridized carbons (Fsp3) is 0.182. The molecule has 0 aliphatic carbocycles. The molecule has 2 aromatic carbocycles. The summed E-state index contributed by atoms with van der Waals surface area (Å²) in [5.41, 5.74) is 4.13. The zero-order valence-electron chi connectivity index (χ0n) is 16.3. The minimum atomic E-state index is -0.109. The number of benzene rings is 2. The van der Waals surface area contributed by atoms with Crippen LogP contribution in [0.5, 0.6) is 17.2 Å². The van der Waals surface area contributed by atoms with Crippen molar-refractivity contribution in [2.24, 2.45) is 7.05 Å². The van der Waals surface area contributed by atoms with Crippen molar-refractivity contribution in [2.45, 2.75) is 0 Å². The molecule has 150 valence electrons. The molecule has 0 saturated carbocycles. The fourth-order valence-electron chi connectivity index (χ4n) is 4.06. The Morgan fingerprint density at radius 3 is 2.87 bits per heavy atom. The first-order valence-electron chi connectivity index (χ1n) is 9.52. The molecule has 1 aliphatic heterocycles. The van der Waals surface area contributed by atoms with Crippen molar-refractivity contribution < 1.29 is 18.6 Å². The molecule has 3 aromatic heterocycles. The number of nitrogens with one attached hydrogen (secondary N) is 1. The van der Waals surface area contributed by atoms with Crippen LogP contribution in [0.4, 0.5) is 0 Å². The smallest absolute Gasteiger partial charge is 0.203 e. The fourth-order valence-corrected chi connectivity index (χ4v) is 4.06. The number of aromatic nitrogens is 3. The highest BCUT2D eigenvalue weighted by molar-refractivity contribution is 6.14. The molecule has 8 nitrogen and oxygen atoms in total. The second kappa shape index (κ2) is 6.03. The molecule has 0 saturated heterocycles. The van der Waals surface area contributed by atoms with Crippen LogP contribution in [-0.2, 0) is 7.05 Å². The summed E-state index contributed by atoms with van der Waals surface area (Å²) < 4.78 is 25.1. The van der Waals surface area contributed by atoms with E-state index in [1.807, 2.05) is 30.1 Å². The number of aromatic amines is 1. The number of furan rings is 1. The Morgan fingerprint density at radius 2 is 2.00 bits per heavy atom. The number of hydrogen-bond acceptors (Lipinski definition) is 6. The summed E-state index contributed by atoms with van der Waals surface area (Å²) in [4.78, 5) is 16.7. The van der Waals surface area contributed by atoms with Crippen LogP contribution < -0.4 is 19.6 Å². The minimum Gasteiger partial charge on any atom is -0.493 e. The lowest BCUT2D eigenvalue weighted by Crippen LogP contribution is -2.16. The van der Waals surface area contributed by atoms with Crippen LogP contribution in [0.1, 0.15) is 0 Å². The van der Waals surface area contributed by atoms with Crippen molar-refractivity contribution in [1.29, 1.82) is 0 Å². The van der Waals surface area contributed by atoms with E-state index in [1.54, 1.807) is 13.2 Å². The Morgan fingerprint density at radius 1 is 1.13 bits per heavy atom. The van der Waals surface area contributed by atoms with Crippen molar-refractivity contribution >= 4 is 33.1 Å². The van der Waals surface area contributed by atoms with E-state index in [0.29, 0.717) is 47.1 Å². The number of nitrogens with zero attached hydrogens (tertiary/aromatic N) is 2. The van der Waals surface area contributed by atoms with E-state index in [2.05, 4.69) is 5.10 Å². The molecule has 1 N–H and O–H groups in total. The first kappa shape index (κ1) is 17.0. The van der Waals surface area contributed by atoms with E-state index in [1.165, 1.54) is 12.1 Å². The number of pyridine rings is 1. The predicted octanol–water partition coefficient (Wildman–Crippen LogP) is 3.61. The molecule has 0 bridgehead atoms. The van der Waals surface area contributed by atoms with Gasteiger partial charge in [0.2, 0.25) is 5.75 Å². The summed E-state index contributed by atoms with van der Waals surface area (Å²) >= 11 is 0. The van der Waals surface area contributed by atoms with Crippen LogP contribution in [0.2, 0.25) is 0 Å². The van der Waals surface area contributed by atoms with Crippen LogP contribution in [0, 0.1) is 0 Å². The largest absolute Gasteiger partial charge is 0.493 e. The molecular formula is C22H17N3O5. The van der Waals surface area contributed by atoms with Gasteiger partial charge < -0.3 is 23.7 Å². The van der Waals surface area contributed by atoms with E-state index in [9.17, 15) is 4.79 Å². The van der Waals surface area contributed by atoms with Gasteiger partial charge in [-0.1, -0.05) is 0 Å². The van der Waals surface area contributed by atoms with Crippen molar-refractivity contribution in [3.8, 4) is 28.4 Å². The number of H-pyrrole nitrogens is 1. The molecule has 0 unspecified atom stereocenters. The van der Waals surface area contributed by atoms with Crippen molar-refractivity contribution in [3.63, 3.8) is 0 Å². The molecule has 8 heteroatoms. The van der Waals surface area contributed by atoms with E-state index in [4.69, 9.17) is 23.6 Å². The minimum absolute atomic E-state index is 0.109. The average Bonchev–Trinajstić information content (AvgIpc) is 3.31. The number of ether oxygens (including phenoxy) is 3. The maximum atomic E-state index is 11.9. The quantitative estimate of drug-likeness (QED) is 0.484. The van der Waals surface area contributed by atoms with E-state index < -0.39 is 0 Å². The van der Waals surface area contributed by atoms with Crippen LogP contribution in [0.3, 0.4) is 0 Å². The number of methoxy groups -OCH3 is 1. The summed E-state index contributed by atoms with van der Waals surface area (Å²) in [6.45, 7) is 0.942. The lowest BCUT2D eigenvalue weighted by molar-refractivity contribution is 0.165. The monoisotopic (exact) mass is 403 g/mol. The van der Waals surface area contributed by atoms with Crippen LogP contribution in [-0.4, -0.2) is 35.1 Å². The van der Waals surface area contributed by atoms with Gasteiger partial charge in [-0.05, 0) is 29.8 Å². The predicted molar refractivity (Wildman–Crippen MR) is 112 cm³/mol. The highest BCUT2D eigenvalue weighted by Gasteiger charge is 2.24. The first-order chi connectivity index (χ1) is 14.6. The Labute approximate surface area is 169 Å². The van der Waals surface area contributed by atoms with Gasteiger partial charge in [-0.3, -0.25) is 9.48 Å². The molecule has 30 heavy (non-hydrogen) atoms. The SMILES string of the molecule is COc1cc(-c2c3c[nH]n(C)c3nc3c2oc2cc(=O)ccc23)cc2c1OCCO2. The van der Waals surface area contributed by atoms with E-state index >= 15 is 0 Å². The lowest BCUT2D eigenvalue weighted by atomic mass is 10.0. The van der Waals surface area contributed by atoms with Crippen molar-refractivity contribution in [1.82, 2.24) is 14.8 Å². The number of aryl methyl sites for hydroxylation is 1. The topological polar surface area (TPSA) is 91.5 Å². The van der Waals surface area contributed by atoms with Gasteiger partial charge >= 0.3 is 0 Å². The molecule has 0 atom stereocenters. The Kier molecular flexibility index (Phi) is 3.41. The maximum absolute atomic E-state index is 11.9. The molecule has 6 rings (SSSR count). The van der Waals surface area contributed by atoms with Crippen LogP contribution in [0.15, 0.2) is 45.7 Å². The summed E-state index contributed by atoms with van der Waals surface area (Å²) in [6, 6.07) is 8.59. The molecule has 5 aromatic rings. The van der Waals surface area contributed by atoms with Crippen LogP contribution >= 0.6 is 0 Å². The Bertz CT molecular complexity index is 1510. The normalized spacial score (nSPS) is 13.4. The third-order valence-corrected chi connectivity index (χ3v) is 5.43. The average molecular weight is 403 g/mol. The summed E-state index contributed by atoms with van der Waals surface area (Å²) in [5, 5.41) is 4.84. The standard InChI is InChI=1S/C22H17N3O5/c1-25-22-14(10-23-25)18(11-7-16(27-2)20-17(8-11)28-5-6-29-20)21-19(24-22)13-4-3-12(26)9-15(13)30-21/h3-4,7-10,23H,5-6H2,1-2H3. The van der Waals surface area contributed by atoms with Crippen molar-refractivity contribution in [3.05, 3.63) is 46.8 Å². The van der Waals surface area contributed by atoms with E-state index in [0.717, 1.165) is 27.5 Å². The van der Waals surface area contributed by atoms with Crippen LogP contribution in [0.25, 0.3) is 44.2 Å². The number of hydrogen-bond donors (Lipinski definition) is 1. The highest BCUT2D eigenvalue weighted by atomic mass is 16.6. The Hall–Kier alpha value is -3.94. The highest BCUT2D eigenvalue weighted by Crippen LogP contribution is 2.46.